The number of amides is 1. The lowest BCUT2D eigenvalue weighted by atomic mass is 10.3. The largest absolute Gasteiger partial charge is 0.304 e. The van der Waals surface area contributed by atoms with Crippen LogP contribution in [0.15, 0.2) is 5.38 Å². The standard InChI is InChI=1S/C14H27N5OS/c1-4-18(5-2)8-7-9-19(6-3)10-12-11-21-14(16-12)13(20)17-15/h11H,4-10,15H2,1-3H3,(H,17,20). The maximum absolute atomic E-state index is 11.4. The van der Waals surface area contributed by atoms with Crippen LogP contribution in [0.5, 0.6) is 0 Å². The highest BCUT2D eigenvalue weighted by molar-refractivity contribution is 7.11. The average molecular weight is 313 g/mol. The molecule has 0 aliphatic heterocycles. The van der Waals surface area contributed by atoms with Crippen LogP contribution < -0.4 is 11.3 Å². The predicted molar refractivity (Wildman–Crippen MR) is 87.1 cm³/mol. The van der Waals surface area contributed by atoms with Crippen molar-refractivity contribution >= 4 is 17.2 Å². The number of nitrogens with one attached hydrogen (secondary N) is 1. The molecule has 0 aliphatic rings. The Labute approximate surface area is 131 Å². The van der Waals surface area contributed by atoms with Crippen molar-refractivity contribution in [3.63, 3.8) is 0 Å². The highest BCUT2D eigenvalue weighted by Gasteiger charge is 2.12. The monoisotopic (exact) mass is 313 g/mol. The molecule has 6 nitrogen and oxygen atoms in total. The van der Waals surface area contributed by atoms with Crippen LogP contribution in [0.2, 0.25) is 0 Å². The second-order valence-corrected chi connectivity index (χ2v) is 5.72. The molecule has 120 valence electrons. The molecule has 0 bridgehead atoms. The number of nitrogens with zero attached hydrogens (tertiary/aromatic N) is 3. The second-order valence-electron chi connectivity index (χ2n) is 4.87. The van der Waals surface area contributed by atoms with E-state index in [9.17, 15) is 4.79 Å². The first kappa shape index (κ1) is 18.0. The van der Waals surface area contributed by atoms with E-state index in [1.165, 1.54) is 11.3 Å². The van der Waals surface area contributed by atoms with E-state index >= 15 is 0 Å². The fourth-order valence-corrected chi connectivity index (χ4v) is 2.89. The number of carbonyl (C=O) groups excluding carboxylic acids is 1. The zero-order chi connectivity index (χ0) is 15.7. The summed E-state index contributed by atoms with van der Waals surface area (Å²) in [5.41, 5.74) is 3.04. The number of hydrogen-bond donors (Lipinski definition) is 2. The zero-order valence-electron chi connectivity index (χ0n) is 13.3. The van der Waals surface area contributed by atoms with Gasteiger partial charge in [0.15, 0.2) is 5.01 Å². The van der Waals surface area contributed by atoms with Gasteiger partial charge in [0.05, 0.1) is 5.69 Å². The van der Waals surface area contributed by atoms with E-state index in [2.05, 4.69) is 41.0 Å². The Balaban J connectivity index is 2.43. The summed E-state index contributed by atoms with van der Waals surface area (Å²) in [6, 6.07) is 0. The maximum atomic E-state index is 11.4. The van der Waals surface area contributed by atoms with E-state index < -0.39 is 0 Å². The number of carbonyl (C=O) groups is 1. The third-order valence-corrected chi connectivity index (χ3v) is 4.44. The molecule has 0 spiro atoms. The van der Waals surface area contributed by atoms with Gasteiger partial charge in [0.25, 0.3) is 5.91 Å². The van der Waals surface area contributed by atoms with Gasteiger partial charge in [-0.1, -0.05) is 20.8 Å². The lowest BCUT2D eigenvalue weighted by Gasteiger charge is -2.22. The topological polar surface area (TPSA) is 74.5 Å². The van der Waals surface area contributed by atoms with E-state index in [0.717, 1.165) is 51.4 Å². The average Bonchev–Trinajstić information content (AvgIpc) is 2.98. The van der Waals surface area contributed by atoms with Crippen molar-refractivity contribution in [2.45, 2.75) is 33.7 Å². The first-order valence-electron chi connectivity index (χ1n) is 7.54. The molecule has 1 rings (SSSR count). The number of thiazole rings is 1. The van der Waals surface area contributed by atoms with Gasteiger partial charge in [-0.15, -0.1) is 11.3 Å². The molecule has 3 N–H and O–H groups in total. The Kier molecular flexibility index (Phi) is 8.44. The molecule has 1 aromatic rings. The minimum atomic E-state index is -0.323. The van der Waals surface area contributed by atoms with Crippen molar-refractivity contribution in [2.75, 3.05) is 32.7 Å². The summed E-state index contributed by atoms with van der Waals surface area (Å²) >= 11 is 1.33. The van der Waals surface area contributed by atoms with E-state index in [-0.39, 0.29) is 5.91 Å². The maximum Gasteiger partial charge on any atom is 0.294 e. The summed E-state index contributed by atoms with van der Waals surface area (Å²) in [4.78, 5) is 20.5. The Morgan fingerprint density at radius 2 is 1.86 bits per heavy atom. The Morgan fingerprint density at radius 1 is 1.24 bits per heavy atom. The third-order valence-electron chi connectivity index (χ3n) is 3.55. The molecule has 1 amide bonds. The van der Waals surface area contributed by atoms with E-state index in [0.29, 0.717) is 5.01 Å². The molecule has 0 saturated carbocycles. The lowest BCUT2D eigenvalue weighted by molar-refractivity contribution is 0.0953. The van der Waals surface area contributed by atoms with Crippen molar-refractivity contribution in [1.29, 1.82) is 0 Å². The van der Waals surface area contributed by atoms with Crippen molar-refractivity contribution in [3.05, 3.63) is 16.1 Å². The van der Waals surface area contributed by atoms with Gasteiger partial charge in [-0.3, -0.25) is 15.1 Å². The van der Waals surface area contributed by atoms with E-state index in [4.69, 9.17) is 5.84 Å². The van der Waals surface area contributed by atoms with E-state index in [1.807, 2.05) is 5.38 Å². The molecular formula is C14H27N5OS. The van der Waals surface area contributed by atoms with Gasteiger partial charge in [0.1, 0.15) is 0 Å². The van der Waals surface area contributed by atoms with Gasteiger partial charge in [-0.2, -0.15) is 0 Å². The minimum absolute atomic E-state index is 0.323. The van der Waals surface area contributed by atoms with Gasteiger partial charge in [-0.25, -0.2) is 10.8 Å². The van der Waals surface area contributed by atoms with Crippen molar-refractivity contribution in [1.82, 2.24) is 20.2 Å². The highest BCUT2D eigenvalue weighted by Crippen LogP contribution is 2.12. The predicted octanol–water partition coefficient (Wildman–Crippen LogP) is 1.30. The summed E-state index contributed by atoms with van der Waals surface area (Å²) in [5, 5.41) is 2.35. The summed E-state index contributed by atoms with van der Waals surface area (Å²) in [6.45, 7) is 12.7. The first-order chi connectivity index (χ1) is 10.1. The van der Waals surface area contributed by atoms with E-state index in [1.54, 1.807) is 0 Å². The quantitative estimate of drug-likeness (QED) is 0.387. The number of nitrogen functional groups attached to an aromatic ring is 1. The summed E-state index contributed by atoms with van der Waals surface area (Å²) in [7, 11) is 0. The molecule has 0 atom stereocenters. The van der Waals surface area contributed by atoms with Gasteiger partial charge in [0.2, 0.25) is 0 Å². The van der Waals surface area contributed by atoms with Crippen molar-refractivity contribution in [3.8, 4) is 0 Å². The molecule has 1 aromatic heterocycles. The number of rotatable bonds is 10. The zero-order valence-corrected chi connectivity index (χ0v) is 14.1. The fourth-order valence-electron chi connectivity index (χ4n) is 2.18. The molecule has 0 unspecified atom stereocenters. The third kappa shape index (κ3) is 6.09. The van der Waals surface area contributed by atoms with Crippen molar-refractivity contribution in [2.24, 2.45) is 5.84 Å². The van der Waals surface area contributed by atoms with Crippen molar-refractivity contribution < 1.29 is 4.79 Å². The fraction of sp³-hybridized carbons (Fsp3) is 0.714. The first-order valence-corrected chi connectivity index (χ1v) is 8.42. The minimum Gasteiger partial charge on any atom is -0.304 e. The normalized spacial score (nSPS) is 11.3. The van der Waals surface area contributed by atoms with Crippen LogP contribution >= 0.6 is 11.3 Å². The lowest BCUT2D eigenvalue weighted by Crippen LogP contribution is -2.30. The Hall–Kier alpha value is -1.02. The molecule has 0 saturated heterocycles. The molecule has 0 fully saturated rings. The van der Waals surface area contributed by atoms with Crippen LogP contribution in [0.3, 0.4) is 0 Å². The molecule has 0 radical (unpaired) electrons. The Morgan fingerprint density at radius 3 is 2.43 bits per heavy atom. The Bertz CT molecular complexity index is 419. The molecule has 1 heterocycles. The van der Waals surface area contributed by atoms with Gasteiger partial charge < -0.3 is 4.90 Å². The number of hydrogen-bond acceptors (Lipinski definition) is 6. The highest BCUT2D eigenvalue weighted by atomic mass is 32.1. The van der Waals surface area contributed by atoms with Crippen LogP contribution in [0.1, 0.15) is 42.7 Å². The van der Waals surface area contributed by atoms with Crippen LogP contribution in [-0.2, 0) is 6.54 Å². The second kappa shape index (κ2) is 9.83. The summed E-state index contributed by atoms with van der Waals surface area (Å²) < 4.78 is 0. The van der Waals surface area contributed by atoms with Crippen LogP contribution in [-0.4, -0.2) is 53.4 Å². The number of aromatic nitrogens is 1. The molecule has 0 aliphatic carbocycles. The number of nitrogens with two attached hydrogens (primary N) is 1. The van der Waals surface area contributed by atoms with Gasteiger partial charge in [0, 0.05) is 11.9 Å². The van der Waals surface area contributed by atoms with Gasteiger partial charge in [-0.05, 0) is 39.1 Å². The smallest absolute Gasteiger partial charge is 0.294 e. The van der Waals surface area contributed by atoms with Crippen LogP contribution in [0, 0.1) is 0 Å². The summed E-state index contributed by atoms with van der Waals surface area (Å²) in [5.74, 6) is 4.79. The molecule has 0 aromatic carbocycles. The molecule has 7 heteroatoms. The van der Waals surface area contributed by atoms with Crippen LogP contribution in [0.4, 0.5) is 0 Å². The molecular weight excluding hydrogens is 286 g/mol. The van der Waals surface area contributed by atoms with Crippen LogP contribution in [0.25, 0.3) is 0 Å². The number of hydrazine groups is 1. The summed E-state index contributed by atoms with van der Waals surface area (Å²) in [6.07, 6.45) is 1.15. The SMILES string of the molecule is CCN(CC)CCCN(CC)Cc1csc(C(=O)NN)n1. The molecule has 21 heavy (non-hydrogen) atoms. The van der Waals surface area contributed by atoms with Gasteiger partial charge >= 0.3 is 0 Å².